The third-order valence-corrected chi connectivity index (χ3v) is 0.697. The molecular weight excluding hydrogens is 118 g/mol. The number of urea groups is 1. The number of amides is 2. The van der Waals surface area contributed by atoms with E-state index in [9.17, 15) is 4.79 Å². The molecule has 0 atom stereocenters. The fraction of sp³-hybridized carbons (Fsp3) is 0.400. The van der Waals surface area contributed by atoms with E-state index in [0.29, 0.717) is 13.1 Å². The van der Waals surface area contributed by atoms with Crippen molar-refractivity contribution in [1.82, 2.24) is 5.32 Å². The van der Waals surface area contributed by atoms with Crippen molar-refractivity contribution in [3.05, 3.63) is 12.2 Å². The van der Waals surface area contributed by atoms with Crippen molar-refractivity contribution in [2.45, 2.75) is 0 Å². The second-order valence-corrected chi connectivity index (χ2v) is 1.45. The number of nitrogens with two attached hydrogens (primary N) is 2. The molecule has 0 bridgehead atoms. The predicted octanol–water partition coefficient (Wildman–Crippen LogP) is -0.830. The van der Waals surface area contributed by atoms with Crippen LogP contribution in [-0.2, 0) is 0 Å². The molecule has 0 aliphatic heterocycles. The normalized spacial score (nSPS) is 9.89. The minimum Gasteiger partial charge on any atom is -0.352 e. The van der Waals surface area contributed by atoms with Crippen molar-refractivity contribution in [2.75, 3.05) is 13.1 Å². The lowest BCUT2D eigenvalue weighted by Crippen LogP contribution is -2.29. The molecule has 0 aliphatic carbocycles. The second-order valence-electron chi connectivity index (χ2n) is 1.45. The van der Waals surface area contributed by atoms with Gasteiger partial charge in [0.25, 0.3) is 0 Å². The number of rotatable bonds is 3. The van der Waals surface area contributed by atoms with Gasteiger partial charge in [0.15, 0.2) is 0 Å². The summed E-state index contributed by atoms with van der Waals surface area (Å²) in [7, 11) is 0. The molecule has 0 radical (unpaired) electrons. The maximum absolute atomic E-state index is 10.0. The average Bonchev–Trinajstić information content (AvgIpc) is 1.80. The van der Waals surface area contributed by atoms with Crippen LogP contribution in [0.5, 0.6) is 0 Å². The molecule has 0 aliphatic rings. The lowest BCUT2D eigenvalue weighted by Gasteiger charge is -1.92. The fourth-order valence-corrected chi connectivity index (χ4v) is 0.339. The molecule has 0 saturated heterocycles. The second kappa shape index (κ2) is 5.11. The molecule has 0 heterocycles. The van der Waals surface area contributed by atoms with Crippen LogP contribution in [0.1, 0.15) is 0 Å². The van der Waals surface area contributed by atoms with Gasteiger partial charge >= 0.3 is 6.03 Å². The van der Waals surface area contributed by atoms with Crippen molar-refractivity contribution in [3.63, 3.8) is 0 Å². The minimum absolute atomic E-state index is 0.451. The number of hydrogen-bond acceptors (Lipinski definition) is 2. The highest BCUT2D eigenvalue weighted by Crippen LogP contribution is 1.65. The van der Waals surface area contributed by atoms with Crippen molar-refractivity contribution in [3.8, 4) is 0 Å². The zero-order valence-corrected chi connectivity index (χ0v) is 5.13. The first-order chi connectivity index (χ1) is 4.27. The largest absolute Gasteiger partial charge is 0.352 e. The molecule has 9 heavy (non-hydrogen) atoms. The van der Waals surface area contributed by atoms with E-state index in [1.165, 1.54) is 0 Å². The minimum atomic E-state index is -0.517. The lowest BCUT2D eigenvalue weighted by molar-refractivity contribution is 0.250. The van der Waals surface area contributed by atoms with E-state index in [1.54, 1.807) is 12.2 Å². The van der Waals surface area contributed by atoms with Gasteiger partial charge in [-0.15, -0.1) is 0 Å². The zero-order valence-electron chi connectivity index (χ0n) is 5.13. The van der Waals surface area contributed by atoms with Gasteiger partial charge in [-0.05, 0) is 0 Å². The van der Waals surface area contributed by atoms with E-state index in [4.69, 9.17) is 11.5 Å². The van der Waals surface area contributed by atoms with E-state index >= 15 is 0 Å². The third-order valence-electron chi connectivity index (χ3n) is 0.697. The van der Waals surface area contributed by atoms with Crippen LogP contribution >= 0.6 is 0 Å². The molecular formula is C5H11N3O. The lowest BCUT2D eigenvalue weighted by atomic mass is 10.5. The number of nitrogens with one attached hydrogen (secondary N) is 1. The molecule has 0 aromatic heterocycles. The Labute approximate surface area is 53.9 Å². The summed E-state index contributed by atoms with van der Waals surface area (Å²) in [5.74, 6) is 0. The van der Waals surface area contributed by atoms with Crippen LogP contribution in [0.3, 0.4) is 0 Å². The first-order valence-corrected chi connectivity index (χ1v) is 2.65. The van der Waals surface area contributed by atoms with Gasteiger partial charge in [0, 0.05) is 13.1 Å². The van der Waals surface area contributed by atoms with Gasteiger partial charge < -0.3 is 16.8 Å². The molecule has 4 nitrogen and oxygen atoms in total. The van der Waals surface area contributed by atoms with Gasteiger partial charge in [0.05, 0.1) is 0 Å². The van der Waals surface area contributed by atoms with Crippen LogP contribution < -0.4 is 16.8 Å². The van der Waals surface area contributed by atoms with E-state index in [0.717, 1.165) is 0 Å². The van der Waals surface area contributed by atoms with Crippen molar-refractivity contribution < 1.29 is 4.79 Å². The summed E-state index contributed by atoms with van der Waals surface area (Å²) in [6, 6.07) is -0.517. The van der Waals surface area contributed by atoms with Crippen LogP contribution in [0.25, 0.3) is 0 Å². The van der Waals surface area contributed by atoms with Crippen molar-refractivity contribution in [1.29, 1.82) is 0 Å². The first kappa shape index (κ1) is 7.97. The van der Waals surface area contributed by atoms with Gasteiger partial charge in [0.2, 0.25) is 0 Å². The van der Waals surface area contributed by atoms with Crippen LogP contribution in [0, 0.1) is 0 Å². The summed E-state index contributed by atoms with van der Waals surface area (Å²) in [6.45, 7) is 0.937. The van der Waals surface area contributed by atoms with Gasteiger partial charge in [-0.2, -0.15) is 0 Å². The maximum atomic E-state index is 10.0. The number of carbonyl (C=O) groups excluding carboxylic acids is 1. The van der Waals surface area contributed by atoms with Gasteiger partial charge in [-0.25, -0.2) is 4.79 Å². The Balaban J connectivity index is 3.09. The molecule has 0 rings (SSSR count). The van der Waals surface area contributed by atoms with Crippen molar-refractivity contribution >= 4 is 6.03 Å². The van der Waals surface area contributed by atoms with Gasteiger partial charge in [-0.3, -0.25) is 0 Å². The van der Waals surface area contributed by atoms with E-state index in [-0.39, 0.29) is 0 Å². The highest BCUT2D eigenvalue weighted by molar-refractivity contribution is 5.71. The highest BCUT2D eigenvalue weighted by atomic mass is 16.2. The maximum Gasteiger partial charge on any atom is 0.312 e. The summed E-state index contributed by atoms with van der Waals surface area (Å²) < 4.78 is 0. The van der Waals surface area contributed by atoms with Crippen molar-refractivity contribution in [2.24, 2.45) is 11.5 Å². The summed E-state index contributed by atoms with van der Waals surface area (Å²) in [5.41, 5.74) is 9.87. The number of hydrogen-bond donors (Lipinski definition) is 3. The number of primary amides is 1. The van der Waals surface area contributed by atoms with E-state index in [2.05, 4.69) is 5.32 Å². The van der Waals surface area contributed by atoms with Crippen LogP contribution in [-0.4, -0.2) is 19.1 Å². The monoisotopic (exact) mass is 129 g/mol. The zero-order chi connectivity index (χ0) is 7.11. The molecule has 52 valence electrons. The third kappa shape index (κ3) is 6.97. The quantitative estimate of drug-likeness (QED) is 0.435. The molecule has 0 fully saturated rings. The fourth-order valence-electron chi connectivity index (χ4n) is 0.339. The smallest absolute Gasteiger partial charge is 0.312 e. The predicted molar refractivity (Wildman–Crippen MR) is 35.8 cm³/mol. The molecule has 5 N–H and O–H groups in total. The van der Waals surface area contributed by atoms with Crippen LogP contribution in [0.15, 0.2) is 12.2 Å². The summed E-state index contributed by atoms with van der Waals surface area (Å²) >= 11 is 0. The van der Waals surface area contributed by atoms with E-state index < -0.39 is 6.03 Å². The Kier molecular flexibility index (Phi) is 4.53. The summed E-state index contributed by atoms with van der Waals surface area (Å²) in [6.07, 6.45) is 3.49. The molecule has 0 aromatic carbocycles. The molecule has 0 saturated carbocycles. The Morgan fingerprint density at radius 2 is 2.22 bits per heavy atom. The van der Waals surface area contributed by atoms with Gasteiger partial charge in [-0.1, -0.05) is 12.2 Å². The Bertz CT molecular complexity index is 111. The topological polar surface area (TPSA) is 81.1 Å². The first-order valence-electron chi connectivity index (χ1n) is 2.65. The standard InChI is InChI=1S/C5H11N3O/c6-3-1-2-4-8-5(7)9/h1-2H,3-4,6H2,(H3,7,8,9)/b2-1+. The highest BCUT2D eigenvalue weighted by Gasteiger charge is 1.82. The molecule has 4 heteroatoms. The average molecular weight is 129 g/mol. The molecule has 0 unspecified atom stereocenters. The summed E-state index contributed by atoms with van der Waals surface area (Å²) in [5, 5.41) is 2.38. The summed E-state index contributed by atoms with van der Waals surface area (Å²) in [4.78, 5) is 10.0. The van der Waals surface area contributed by atoms with Crippen LogP contribution in [0.4, 0.5) is 4.79 Å². The SMILES string of the molecule is NC/C=C/CNC(N)=O. The Morgan fingerprint density at radius 1 is 1.56 bits per heavy atom. The molecule has 2 amide bonds. The molecule has 0 spiro atoms. The number of carbonyl (C=O) groups is 1. The Morgan fingerprint density at radius 3 is 2.67 bits per heavy atom. The Hall–Kier alpha value is -1.03. The van der Waals surface area contributed by atoms with E-state index in [1.807, 2.05) is 0 Å². The van der Waals surface area contributed by atoms with Gasteiger partial charge in [0.1, 0.15) is 0 Å². The van der Waals surface area contributed by atoms with Crippen LogP contribution in [0.2, 0.25) is 0 Å². The molecule has 0 aromatic rings.